The molecule has 0 fully saturated rings. The molecule has 0 spiro atoms. The van der Waals surface area contributed by atoms with Crippen LogP contribution in [0, 0.1) is 13.8 Å². The predicted octanol–water partition coefficient (Wildman–Crippen LogP) is 8.92. The molecule has 38 heavy (non-hydrogen) atoms. The minimum atomic E-state index is -0.754. The third kappa shape index (κ3) is 5.68. The van der Waals surface area contributed by atoms with Crippen LogP contribution in [0.3, 0.4) is 0 Å². The van der Waals surface area contributed by atoms with E-state index >= 15 is 0 Å². The van der Waals surface area contributed by atoms with E-state index in [4.69, 9.17) is 4.74 Å². The van der Waals surface area contributed by atoms with Gasteiger partial charge < -0.3 is 14.9 Å². The van der Waals surface area contributed by atoms with Crippen LogP contribution in [0.25, 0.3) is 17.2 Å². The monoisotopic (exact) mass is 514 g/mol. The zero-order valence-electron chi connectivity index (χ0n) is 24.6. The average molecular weight is 515 g/mol. The van der Waals surface area contributed by atoms with Gasteiger partial charge in [0, 0.05) is 11.0 Å². The minimum absolute atomic E-state index is 0.116. The molecule has 3 rings (SSSR count). The normalized spacial score (nSPS) is 12.3. The smallest absolute Gasteiger partial charge is 0.165 e. The molecule has 0 bridgehead atoms. The van der Waals surface area contributed by atoms with Crippen LogP contribution in [-0.4, -0.2) is 22.9 Å². The fraction of sp³-hybridized carbons (Fsp3) is 0.429. The highest BCUT2D eigenvalue weighted by Gasteiger charge is 2.31. The standard InChI is InChI=1S/C35H46O3/c1-9-26-22-31(33(36)32(23-26)38-8)30-17-16-29(21-25(30)7)35(12-4,13-5)28-15-14-27(24(6)20-28)18-19-34(37,10-2)11-3/h14-23,36-37H,9-13H2,1-8H3. The van der Waals surface area contributed by atoms with Gasteiger partial charge in [-0.05, 0) is 97.0 Å². The maximum absolute atomic E-state index is 10.9. The summed E-state index contributed by atoms with van der Waals surface area (Å²) in [6.07, 6.45) is 8.25. The first-order valence-corrected chi connectivity index (χ1v) is 14.2. The molecule has 0 aliphatic carbocycles. The number of aryl methyl sites for hydroxylation is 3. The summed E-state index contributed by atoms with van der Waals surface area (Å²) in [7, 11) is 1.60. The number of hydrogen-bond donors (Lipinski definition) is 2. The molecule has 0 radical (unpaired) electrons. The molecule has 0 heterocycles. The van der Waals surface area contributed by atoms with Crippen LogP contribution in [0.5, 0.6) is 11.5 Å². The molecule has 2 N–H and O–H groups in total. The lowest BCUT2D eigenvalue weighted by Crippen LogP contribution is -2.26. The Morgan fingerprint density at radius 2 is 1.37 bits per heavy atom. The molecule has 0 atom stereocenters. The average Bonchev–Trinajstić information content (AvgIpc) is 2.94. The summed E-state index contributed by atoms with van der Waals surface area (Å²) in [6, 6.07) is 17.4. The van der Waals surface area contributed by atoms with Gasteiger partial charge >= 0.3 is 0 Å². The molecular formula is C35H46O3. The Hall–Kier alpha value is -3.04. The van der Waals surface area contributed by atoms with Crippen LogP contribution in [0.2, 0.25) is 0 Å². The molecule has 0 saturated heterocycles. The Morgan fingerprint density at radius 1 is 0.763 bits per heavy atom. The van der Waals surface area contributed by atoms with Crippen LogP contribution < -0.4 is 4.74 Å². The summed E-state index contributed by atoms with van der Waals surface area (Å²) in [5, 5.41) is 21.6. The van der Waals surface area contributed by atoms with Crippen molar-refractivity contribution >= 4 is 6.08 Å². The Bertz CT molecular complexity index is 1280. The Labute approximate surface area is 230 Å². The van der Waals surface area contributed by atoms with Crippen molar-refractivity contribution in [1.82, 2.24) is 0 Å². The number of ether oxygens (including phenoxy) is 1. The first kappa shape index (κ1) is 29.5. The van der Waals surface area contributed by atoms with Gasteiger partial charge in [-0.15, -0.1) is 0 Å². The van der Waals surface area contributed by atoms with Gasteiger partial charge in [0.2, 0.25) is 0 Å². The molecule has 3 heteroatoms. The van der Waals surface area contributed by atoms with Crippen molar-refractivity contribution < 1.29 is 14.9 Å². The molecule has 0 aliphatic rings. The minimum Gasteiger partial charge on any atom is -0.504 e. The number of phenolic OH excluding ortho intramolecular Hbond substituents is 1. The molecule has 3 aromatic rings. The van der Waals surface area contributed by atoms with Crippen LogP contribution in [0.15, 0.2) is 54.6 Å². The third-order valence-corrected chi connectivity index (χ3v) is 8.66. The fourth-order valence-corrected chi connectivity index (χ4v) is 5.62. The lowest BCUT2D eigenvalue weighted by atomic mass is 9.69. The van der Waals surface area contributed by atoms with E-state index in [9.17, 15) is 10.2 Å². The second kappa shape index (κ2) is 12.2. The highest BCUT2D eigenvalue weighted by Crippen LogP contribution is 2.44. The lowest BCUT2D eigenvalue weighted by Gasteiger charge is -2.34. The van der Waals surface area contributed by atoms with Crippen LogP contribution in [0.4, 0.5) is 0 Å². The molecule has 0 amide bonds. The highest BCUT2D eigenvalue weighted by atomic mass is 16.5. The Balaban J connectivity index is 2.07. The van der Waals surface area contributed by atoms with Crippen molar-refractivity contribution in [2.45, 2.75) is 91.6 Å². The van der Waals surface area contributed by atoms with Gasteiger partial charge in [0.25, 0.3) is 0 Å². The molecule has 0 aliphatic heterocycles. The van der Waals surface area contributed by atoms with Crippen molar-refractivity contribution in [2.75, 3.05) is 7.11 Å². The maximum Gasteiger partial charge on any atom is 0.165 e. The summed E-state index contributed by atoms with van der Waals surface area (Å²) in [4.78, 5) is 0. The van der Waals surface area contributed by atoms with Crippen LogP contribution in [-0.2, 0) is 11.8 Å². The van der Waals surface area contributed by atoms with Crippen molar-refractivity contribution in [1.29, 1.82) is 0 Å². The predicted molar refractivity (Wildman–Crippen MR) is 161 cm³/mol. The van der Waals surface area contributed by atoms with E-state index in [1.807, 2.05) is 26.0 Å². The number of methoxy groups -OCH3 is 1. The van der Waals surface area contributed by atoms with E-state index in [1.54, 1.807) is 7.11 Å². The van der Waals surface area contributed by atoms with Gasteiger partial charge in [-0.25, -0.2) is 0 Å². The number of rotatable bonds is 11. The fourth-order valence-electron chi connectivity index (χ4n) is 5.62. The number of aliphatic hydroxyl groups is 1. The van der Waals surface area contributed by atoms with Gasteiger partial charge in [0.15, 0.2) is 11.5 Å². The quantitative estimate of drug-likeness (QED) is 0.268. The van der Waals surface area contributed by atoms with E-state index in [-0.39, 0.29) is 11.2 Å². The molecule has 3 aromatic carbocycles. The molecule has 0 aromatic heterocycles. The second-order valence-corrected chi connectivity index (χ2v) is 10.6. The SMILES string of the molecule is CCc1cc(OC)c(O)c(-c2ccc(C(CC)(CC)c3ccc(C=CC(O)(CC)CC)c(C)c3)cc2C)c1. The number of hydrogen-bond acceptors (Lipinski definition) is 3. The molecule has 0 unspecified atom stereocenters. The third-order valence-electron chi connectivity index (χ3n) is 8.66. The van der Waals surface area contributed by atoms with Gasteiger partial charge in [-0.1, -0.05) is 83.2 Å². The van der Waals surface area contributed by atoms with Crippen molar-refractivity contribution in [3.63, 3.8) is 0 Å². The first-order valence-electron chi connectivity index (χ1n) is 14.2. The van der Waals surface area contributed by atoms with Gasteiger partial charge in [0.05, 0.1) is 12.7 Å². The summed E-state index contributed by atoms with van der Waals surface area (Å²) in [5.41, 5.74) is 8.18. The summed E-state index contributed by atoms with van der Waals surface area (Å²) in [5.74, 6) is 0.704. The molecule has 3 nitrogen and oxygen atoms in total. The first-order chi connectivity index (χ1) is 18.1. The summed E-state index contributed by atoms with van der Waals surface area (Å²) < 4.78 is 5.46. The Morgan fingerprint density at radius 3 is 1.87 bits per heavy atom. The van der Waals surface area contributed by atoms with Crippen LogP contribution >= 0.6 is 0 Å². The number of aromatic hydroxyl groups is 1. The molecule has 0 saturated carbocycles. The Kier molecular flexibility index (Phi) is 9.49. The lowest BCUT2D eigenvalue weighted by molar-refractivity contribution is 0.0836. The van der Waals surface area contributed by atoms with E-state index in [0.29, 0.717) is 18.6 Å². The van der Waals surface area contributed by atoms with E-state index in [1.165, 1.54) is 16.7 Å². The summed E-state index contributed by atoms with van der Waals surface area (Å²) >= 11 is 0. The number of phenols is 1. The van der Waals surface area contributed by atoms with Gasteiger partial charge in [0.1, 0.15) is 0 Å². The van der Waals surface area contributed by atoms with E-state index < -0.39 is 5.60 Å². The largest absolute Gasteiger partial charge is 0.504 e. The molecule has 204 valence electrons. The van der Waals surface area contributed by atoms with Crippen LogP contribution in [0.1, 0.15) is 93.7 Å². The second-order valence-electron chi connectivity index (χ2n) is 10.6. The highest BCUT2D eigenvalue weighted by molar-refractivity contribution is 5.77. The summed E-state index contributed by atoms with van der Waals surface area (Å²) in [6.45, 7) is 15.0. The van der Waals surface area contributed by atoms with Crippen molar-refractivity contribution in [2.24, 2.45) is 0 Å². The van der Waals surface area contributed by atoms with Crippen molar-refractivity contribution in [3.05, 3.63) is 88.0 Å². The number of benzene rings is 3. The molecular weight excluding hydrogens is 468 g/mol. The van der Waals surface area contributed by atoms with Gasteiger partial charge in [-0.3, -0.25) is 0 Å². The zero-order chi connectivity index (χ0) is 28.1. The topological polar surface area (TPSA) is 49.7 Å². The van der Waals surface area contributed by atoms with Crippen molar-refractivity contribution in [3.8, 4) is 22.6 Å². The maximum atomic E-state index is 10.9. The zero-order valence-corrected chi connectivity index (χ0v) is 24.6. The van der Waals surface area contributed by atoms with Gasteiger partial charge in [-0.2, -0.15) is 0 Å². The van der Waals surface area contributed by atoms with E-state index in [2.05, 4.69) is 83.2 Å². The van der Waals surface area contributed by atoms with E-state index in [0.717, 1.165) is 47.1 Å².